The van der Waals surface area contributed by atoms with E-state index in [0.29, 0.717) is 18.0 Å². The molecule has 0 aliphatic rings. The lowest BCUT2D eigenvalue weighted by atomic mass is 10.2. The Labute approximate surface area is 114 Å². The average Bonchev–Trinajstić information content (AvgIpc) is 2.92. The van der Waals surface area contributed by atoms with Gasteiger partial charge < -0.3 is 10.3 Å². The van der Waals surface area contributed by atoms with Gasteiger partial charge in [0.2, 0.25) is 5.28 Å². The second kappa shape index (κ2) is 4.51. The van der Waals surface area contributed by atoms with E-state index in [1.807, 2.05) is 20.2 Å². The van der Waals surface area contributed by atoms with Gasteiger partial charge in [-0.05, 0) is 18.5 Å². The van der Waals surface area contributed by atoms with Crippen LogP contribution in [0.3, 0.4) is 0 Å². The van der Waals surface area contributed by atoms with Gasteiger partial charge in [-0.15, -0.1) is 0 Å². The molecule has 0 spiro atoms. The van der Waals surface area contributed by atoms with Crippen molar-refractivity contribution in [1.82, 2.24) is 29.7 Å². The number of hydrogen-bond donors (Lipinski definition) is 2. The van der Waals surface area contributed by atoms with Crippen molar-refractivity contribution in [2.75, 3.05) is 5.32 Å². The van der Waals surface area contributed by atoms with Crippen LogP contribution in [-0.2, 0) is 13.6 Å². The van der Waals surface area contributed by atoms with Crippen molar-refractivity contribution in [2.45, 2.75) is 13.5 Å². The predicted molar refractivity (Wildman–Crippen MR) is 72.0 cm³/mol. The fourth-order valence-electron chi connectivity index (χ4n) is 1.94. The van der Waals surface area contributed by atoms with E-state index in [1.165, 1.54) is 0 Å². The Hall–Kier alpha value is -2.15. The third-order valence-corrected chi connectivity index (χ3v) is 2.99. The number of rotatable bonds is 3. The zero-order chi connectivity index (χ0) is 13.4. The third kappa shape index (κ3) is 2.24. The van der Waals surface area contributed by atoms with Crippen LogP contribution < -0.4 is 5.32 Å². The van der Waals surface area contributed by atoms with Gasteiger partial charge >= 0.3 is 0 Å². The largest absolute Gasteiger partial charge is 0.364 e. The van der Waals surface area contributed by atoms with Gasteiger partial charge in [0, 0.05) is 25.4 Å². The van der Waals surface area contributed by atoms with Crippen molar-refractivity contribution >= 4 is 28.6 Å². The Bertz CT molecular complexity index is 730. The highest BCUT2D eigenvalue weighted by Gasteiger charge is 2.10. The lowest BCUT2D eigenvalue weighted by molar-refractivity contribution is 0.756. The van der Waals surface area contributed by atoms with Crippen LogP contribution in [0, 0.1) is 6.92 Å². The van der Waals surface area contributed by atoms with Crippen molar-refractivity contribution in [3.8, 4) is 0 Å². The molecule has 0 radical (unpaired) electrons. The normalized spacial score (nSPS) is 11.1. The monoisotopic (exact) mass is 277 g/mol. The number of hydrogen-bond acceptors (Lipinski definition) is 5. The van der Waals surface area contributed by atoms with Crippen LogP contribution >= 0.6 is 11.6 Å². The van der Waals surface area contributed by atoms with Gasteiger partial charge in [-0.1, -0.05) is 0 Å². The number of nitrogens with one attached hydrogen (secondary N) is 2. The first-order valence-corrected chi connectivity index (χ1v) is 6.11. The highest BCUT2D eigenvalue weighted by atomic mass is 35.5. The van der Waals surface area contributed by atoms with Crippen molar-refractivity contribution in [2.24, 2.45) is 7.05 Å². The van der Waals surface area contributed by atoms with Gasteiger partial charge in [0.15, 0.2) is 11.5 Å². The summed E-state index contributed by atoms with van der Waals surface area (Å²) in [4.78, 5) is 15.3. The van der Waals surface area contributed by atoms with Crippen LogP contribution in [0.2, 0.25) is 5.28 Å². The van der Waals surface area contributed by atoms with Crippen LogP contribution in [0.15, 0.2) is 12.5 Å². The summed E-state index contributed by atoms with van der Waals surface area (Å²) in [6.45, 7) is 2.58. The second-order valence-corrected chi connectivity index (χ2v) is 4.55. The number of anilines is 1. The molecule has 0 aromatic carbocycles. The van der Waals surface area contributed by atoms with Crippen LogP contribution in [0.5, 0.6) is 0 Å². The highest BCUT2D eigenvalue weighted by Crippen LogP contribution is 2.19. The van der Waals surface area contributed by atoms with Crippen LogP contribution in [0.1, 0.15) is 11.3 Å². The number of aryl methyl sites for hydroxylation is 2. The molecular formula is C11H12ClN7. The summed E-state index contributed by atoms with van der Waals surface area (Å²) in [5.74, 6) is 0.635. The summed E-state index contributed by atoms with van der Waals surface area (Å²) in [7, 11) is 1.89. The molecule has 98 valence electrons. The van der Waals surface area contributed by atoms with Crippen LogP contribution in [0.25, 0.3) is 11.2 Å². The van der Waals surface area contributed by atoms with Gasteiger partial charge in [-0.2, -0.15) is 15.1 Å². The van der Waals surface area contributed by atoms with E-state index in [-0.39, 0.29) is 5.28 Å². The standard InChI is InChI=1S/C11H12ClN7/c1-6-7(4-19(2)18-6)3-13-9-8-10(15-5-14-8)17-11(12)16-9/h4-5H,3H2,1-2H3,(H2,13,14,15,16,17). The minimum absolute atomic E-state index is 0.171. The second-order valence-electron chi connectivity index (χ2n) is 4.21. The molecule has 0 aliphatic heterocycles. The molecule has 0 amide bonds. The van der Waals surface area contributed by atoms with Gasteiger partial charge in [0.05, 0.1) is 12.0 Å². The Morgan fingerprint density at radius 1 is 1.42 bits per heavy atom. The summed E-state index contributed by atoms with van der Waals surface area (Å²) in [6.07, 6.45) is 3.53. The molecule has 0 saturated carbocycles. The Morgan fingerprint density at radius 3 is 3.00 bits per heavy atom. The van der Waals surface area contributed by atoms with Crippen molar-refractivity contribution < 1.29 is 0 Å². The Kier molecular flexibility index (Phi) is 2.83. The van der Waals surface area contributed by atoms with E-state index in [1.54, 1.807) is 11.0 Å². The lowest BCUT2D eigenvalue weighted by Crippen LogP contribution is -2.03. The van der Waals surface area contributed by atoms with E-state index in [9.17, 15) is 0 Å². The Balaban J connectivity index is 1.89. The first kappa shape index (κ1) is 11.9. The molecule has 3 aromatic heterocycles. The maximum atomic E-state index is 5.87. The van der Waals surface area contributed by atoms with E-state index >= 15 is 0 Å². The molecule has 7 nitrogen and oxygen atoms in total. The smallest absolute Gasteiger partial charge is 0.226 e. The molecule has 2 N–H and O–H groups in total. The number of nitrogens with zero attached hydrogens (tertiary/aromatic N) is 5. The molecule has 0 aliphatic carbocycles. The number of aromatic nitrogens is 6. The average molecular weight is 278 g/mol. The number of fused-ring (bicyclic) bond motifs is 1. The van der Waals surface area contributed by atoms with Gasteiger partial charge in [0.1, 0.15) is 5.52 Å². The minimum Gasteiger partial charge on any atom is -0.364 e. The fraction of sp³-hybridized carbons (Fsp3) is 0.273. The van der Waals surface area contributed by atoms with E-state index in [4.69, 9.17) is 11.6 Å². The predicted octanol–water partition coefficient (Wildman–Crippen LogP) is 1.66. The zero-order valence-corrected chi connectivity index (χ0v) is 11.2. The summed E-state index contributed by atoms with van der Waals surface area (Å²) >= 11 is 5.87. The molecule has 0 bridgehead atoms. The molecule has 3 aromatic rings. The van der Waals surface area contributed by atoms with Crippen LogP contribution in [0.4, 0.5) is 5.82 Å². The maximum absolute atomic E-state index is 5.87. The summed E-state index contributed by atoms with van der Waals surface area (Å²) in [5, 5.41) is 7.69. The topological polar surface area (TPSA) is 84.3 Å². The van der Waals surface area contributed by atoms with E-state index in [2.05, 4.69) is 30.4 Å². The quantitative estimate of drug-likeness (QED) is 0.711. The third-order valence-electron chi connectivity index (χ3n) is 2.82. The molecule has 0 unspecified atom stereocenters. The maximum Gasteiger partial charge on any atom is 0.226 e. The lowest BCUT2D eigenvalue weighted by Gasteiger charge is -2.05. The molecule has 3 rings (SSSR count). The SMILES string of the molecule is Cc1nn(C)cc1CNc1nc(Cl)nc2nc[nH]c12. The summed E-state index contributed by atoms with van der Waals surface area (Å²) in [6, 6.07) is 0. The molecule has 3 heterocycles. The first-order valence-electron chi connectivity index (χ1n) is 5.73. The molecule has 0 fully saturated rings. The Morgan fingerprint density at radius 2 is 2.26 bits per heavy atom. The molecule has 8 heteroatoms. The molecule has 19 heavy (non-hydrogen) atoms. The first-order chi connectivity index (χ1) is 9.13. The van der Waals surface area contributed by atoms with Gasteiger partial charge in [0.25, 0.3) is 0 Å². The van der Waals surface area contributed by atoms with E-state index < -0.39 is 0 Å². The number of H-pyrrole nitrogens is 1. The minimum atomic E-state index is 0.171. The fourth-order valence-corrected chi connectivity index (χ4v) is 2.10. The number of imidazole rings is 1. The van der Waals surface area contributed by atoms with E-state index in [0.717, 1.165) is 16.8 Å². The molecular weight excluding hydrogens is 266 g/mol. The highest BCUT2D eigenvalue weighted by molar-refractivity contribution is 6.28. The number of halogens is 1. The molecule has 0 saturated heterocycles. The molecule has 0 atom stereocenters. The van der Waals surface area contributed by atoms with Crippen LogP contribution in [-0.4, -0.2) is 29.7 Å². The summed E-state index contributed by atoms with van der Waals surface area (Å²) in [5.41, 5.74) is 3.37. The van der Waals surface area contributed by atoms with Crippen molar-refractivity contribution in [3.63, 3.8) is 0 Å². The van der Waals surface area contributed by atoms with Crippen molar-refractivity contribution in [1.29, 1.82) is 0 Å². The zero-order valence-electron chi connectivity index (χ0n) is 10.5. The van der Waals surface area contributed by atoms with Gasteiger partial charge in [-0.3, -0.25) is 4.68 Å². The number of aromatic amines is 1. The summed E-state index contributed by atoms with van der Waals surface area (Å²) < 4.78 is 1.78. The van der Waals surface area contributed by atoms with Gasteiger partial charge in [-0.25, -0.2) is 4.98 Å². The van der Waals surface area contributed by atoms with Crippen molar-refractivity contribution in [3.05, 3.63) is 29.1 Å².